The van der Waals surface area contributed by atoms with Crippen LogP contribution in [0.4, 0.5) is 11.4 Å². The fourth-order valence-electron chi connectivity index (χ4n) is 4.24. The van der Waals surface area contributed by atoms with Gasteiger partial charge in [-0.05, 0) is 35.9 Å². The van der Waals surface area contributed by atoms with Crippen molar-refractivity contribution in [1.29, 1.82) is 0 Å². The summed E-state index contributed by atoms with van der Waals surface area (Å²) < 4.78 is 0. The summed E-state index contributed by atoms with van der Waals surface area (Å²) in [5, 5.41) is 12.1. The molecule has 2 heterocycles. The van der Waals surface area contributed by atoms with E-state index in [0.29, 0.717) is 17.3 Å². The van der Waals surface area contributed by atoms with Crippen LogP contribution in [0.5, 0.6) is 0 Å². The highest BCUT2D eigenvalue weighted by Gasteiger charge is 2.37. The van der Waals surface area contributed by atoms with Crippen LogP contribution in [0.3, 0.4) is 0 Å². The molecule has 28 heavy (non-hydrogen) atoms. The second-order valence-electron chi connectivity index (χ2n) is 7.68. The molecule has 0 radical (unpaired) electrons. The first-order valence-corrected chi connectivity index (χ1v) is 10.4. The predicted octanol–water partition coefficient (Wildman–Crippen LogP) is 2.94. The van der Waals surface area contributed by atoms with Crippen LogP contribution in [0.15, 0.2) is 42.5 Å². The summed E-state index contributed by atoms with van der Waals surface area (Å²) in [4.78, 5) is 7.03. The van der Waals surface area contributed by atoms with Gasteiger partial charge in [0.25, 0.3) is 0 Å². The number of hydrogen-bond donors (Lipinski definition) is 2. The van der Waals surface area contributed by atoms with Gasteiger partial charge >= 0.3 is 0 Å². The van der Waals surface area contributed by atoms with E-state index in [1.807, 2.05) is 24.3 Å². The maximum absolute atomic E-state index is 10.7. The Balaban J connectivity index is 1.33. The molecule has 2 atom stereocenters. The van der Waals surface area contributed by atoms with Gasteiger partial charge in [0.05, 0.1) is 23.5 Å². The number of nitrogen functional groups attached to an aromatic ring is 1. The third-order valence-corrected chi connectivity index (χ3v) is 6.27. The molecule has 7 heteroatoms. The number of aliphatic hydroxyl groups excluding tert-OH is 1. The lowest BCUT2D eigenvalue weighted by Gasteiger charge is -2.38. The number of aliphatic hydroxyl groups is 1. The van der Waals surface area contributed by atoms with E-state index in [0.717, 1.165) is 50.0 Å². The number of benzene rings is 2. The van der Waals surface area contributed by atoms with Crippen molar-refractivity contribution >= 4 is 34.6 Å². The summed E-state index contributed by atoms with van der Waals surface area (Å²) in [5.74, 6) is 0. The Morgan fingerprint density at radius 3 is 2.29 bits per heavy atom. The fraction of sp³-hybridized carbons (Fsp3) is 0.429. The molecule has 2 aromatic carbocycles. The largest absolute Gasteiger partial charge is 0.397 e. The van der Waals surface area contributed by atoms with Crippen LogP contribution < -0.4 is 10.6 Å². The van der Waals surface area contributed by atoms with Crippen molar-refractivity contribution in [3.8, 4) is 0 Å². The minimum atomic E-state index is -0.377. The van der Waals surface area contributed by atoms with Gasteiger partial charge in [-0.15, -0.1) is 0 Å². The Labute approximate surface area is 176 Å². The van der Waals surface area contributed by atoms with Crippen molar-refractivity contribution in [3.63, 3.8) is 0 Å². The molecular weight excluding hydrogens is 395 g/mol. The Hall–Kier alpha value is -1.50. The summed E-state index contributed by atoms with van der Waals surface area (Å²) in [7, 11) is 0. The first kappa shape index (κ1) is 19.8. The number of nitrogens with zero attached hydrogens (tertiary/aromatic N) is 3. The fourth-order valence-corrected chi connectivity index (χ4v) is 4.55. The highest BCUT2D eigenvalue weighted by Crippen LogP contribution is 2.31. The lowest BCUT2D eigenvalue weighted by Crippen LogP contribution is -2.53. The maximum atomic E-state index is 10.7. The Morgan fingerprint density at radius 2 is 1.61 bits per heavy atom. The highest BCUT2D eigenvalue weighted by atomic mass is 35.5. The predicted molar refractivity (Wildman–Crippen MR) is 116 cm³/mol. The lowest BCUT2D eigenvalue weighted by molar-refractivity contribution is 0.0424. The van der Waals surface area contributed by atoms with Gasteiger partial charge in [-0.2, -0.15) is 0 Å². The molecule has 0 spiro atoms. The molecular formula is C21H26Cl2N4O. The molecule has 2 aromatic rings. The van der Waals surface area contributed by atoms with Crippen molar-refractivity contribution in [2.24, 2.45) is 0 Å². The van der Waals surface area contributed by atoms with Crippen molar-refractivity contribution < 1.29 is 5.11 Å². The molecule has 0 aromatic heterocycles. The van der Waals surface area contributed by atoms with Gasteiger partial charge in [0.2, 0.25) is 0 Å². The summed E-state index contributed by atoms with van der Waals surface area (Å²) in [6.45, 7) is 6.22. The van der Waals surface area contributed by atoms with E-state index in [9.17, 15) is 5.11 Å². The van der Waals surface area contributed by atoms with Gasteiger partial charge in [0.1, 0.15) is 0 Å². The highest BCUT2D eigenvalue weighted by molar-refractivity contribution is 6.31. The van der Waals surface area contributed by atoms with Crippen molar-refractivity contribution in [2.45, 2.75) is 18.7 Å². The number of piperazine rings is 1. The second kappa shape index (κ2) is 8.47. The average Bonchev–Trinajstić information content (AvgIpc) is 3.05. The molecule has 2 aliphatic rings. The number of nitrogens with two attached hydrogens (primary N) is 1. The Morgan fingerprint density at radius 1 is 0.929 bits per heavy atom. The van der Waals surface area contributed by atoms with E-state index < -0.39 is 0 Å². The lowest BCUT2D eigenvalue weighted by atomic mass is 10.1. The molecule has 0 saturated carbocycles. The Kier molecular flexibility index (Phi) is 5.99. The zero-order valence-electron chi connectivity index (χ0n) is 15.8. The first-order valence-electron chi connectivity index (χ1n) is 9.68. The molecule has 0 aliphatic carbocycles. The van der Waals surface area contributed by atoms with Gasteiger partial charge in [-0.3, -0.25) is 9.80 Å². The summed E-state index contributed by atoms with van der Waals surface area (Å²) >= 11 is 12.0. The van der Waals surface area contributed by atoms with E-state index >= 15 is 0 Å². The maximum Gasteiger partial charge on any atom is 0.0887 e. The number of rotatable bonds is 4. The topological polar surface area (TPSA) is 56.0 Å². The standard InChI is InChI=1S/C21H26Cl2N4O/c22-16-3-1-15(2-4-16)12-25-7-9-26(10-8-25)20-13-27(14-21(20)28)19-6-5-17(23)11-18(19)24/h1-6,11,20-21,28H,7-10,12-14,24H2. The van der Waals surface area contributed by atoms with Gasteiger partial charge < -0.3 is 15.7 Å². The molecule has 2 fully saturated rings. The molecule has 150 valence electrons. The van der Waals surface area contributed by atoms with Crippen LogP contribution in [0.25, 0.3) is 0 Å². The summed E-state index contributed by atoms with van der Waals surface area (Å²) in [6.07, 6.45) is -0.377. The molecule has 4 rings (SSSR count). The molecule has 0 amide bonds. The SMILES string of the molecule is Nc1cc(Cl)ccc1N1CC(O)C(N2CCN(Cc3ccc(Cl)cc3)CC2)C1. The molecule has 2 aliphatic heterocycles. The number of halogens is 2. The molecule has 5 nitrogen and oxygen atoms in total. The van der Waals surface area contributed by atoms with Gasteiger partial charge in [0, 0.05) is 55.9 Å². The van der Waals surface area contributed by atoms with Gasteiger partial charge in [-0.1, -0.05) is 35.3 Å². The van der Waals surface area contributed by atoms with E-state index in [2.05, 4.69) is 26.8 Å². The van der Waals surface area contributed by atoms with Crippen LogP contribution >= 0.6 is 23.2 Å². The second-order valence-corrected chi connectivity index (χ2v) is 8.55. The van der Waals surface area contributed by atoms with E-state index in [1.165, 1.54) is 5.56 Å². The molecule has 2 unspecified atom stereocenters. The van der Waals surface area contributed by atoms with E-state index in [4.69, 9.17) is 28.9 Å². The third kappa shape index (κ3) is 4.39. The number of anilines is 2. The van der Waals surface area contributed by atoms with Crippen molar-refractivity contribution in [2.75, 3.05) is 49.9 Å². The van der Waals surface area contributed by atoms with Gasteiger partial charge in [0.15, 0.2) is 0 Å². The first-order chi connectivity index (χ1) is 13.5. The van der Waals surface area contributed by atoms with Crippen LogP contribution in [0, 0.1) is 0 Å². The zero-order chi connectivity index (χ0) is 19.7. The Bertz CT molecular complexity index is 809. The summed E-state index contributed by atoms with van der Waals surface area (Å²) in [5.41, 5.74) is 9.03. The van der Waals surface area contributed by atoms with E-state index in [1.54, 1.807) is 6.07 Å². The average molecular weight is 421 g/mol. The number of β-amino-alcohol motifs (C(OH)–C–C–N with tert-alkyl or cyclic N) is 1. The van der Waals surface area contributed by atoms with Crippen molar-refractivity contribution in [1.82, 2.24) is 9.80 Å². The zero-order valence-corrected chi connectivity index (χ0v) is 17.3. The van der Waals surface area contributed by atoms with Crippen molar-refractivity contribution in [3.05, 3.63) is 58.1 Å². The smallest absolute Gasteiger partial charge is 0.0887 e. The molecule has 3 N–H and O–H groups in total. The number of hydrogen-bond acceptors (Lipinski definition) is 5. The van der Waals surface area contributed by atoms with Crippen LogP contribution in [-0.4, -0.2) is 66.3 Å². The molecule has 2 saturated heterocycles. The normalized spacial score (nSPS) is 24.0. The van der Waals surface area contributed by atoms with Crippen LogP contribution in [0.1, 0.15) is 5.56 Å². The van der Waals surface area contributed by atoms with Gasteiger partial charge in [-0.25, -0.2) is 0 Å². The van der Waals surface area contributed by atoms with Crippen LogP contribution in [-0.2, 0) is 6.54 Å². The minimum absolute atomic E-state index is 0.132. The molecule has 0 bridgehead atoms. The quantitative estimate of drug-likeness (QED) is 0.744. The monoisotopic (exact) mass is 420 g/mol. The van der Waals surface area contributed by atoms with Crippen LogP contribution in [0.2, 0.25) is 10.0 Å². The third-order valence-electron chi connectivity index (χ3n) is 5.78. The summed E-state index contributed by atoms with van der Waals surface area (Å²) in [6, 6.07) is 13.8. The minimum Gasteiger partial charge on any atom is -0.397 e. The van der Waals surface area contributed by atoms with E-state index in [-0.39, 0.29) is 12.1 Å².